The van der Waals surface area contributed by atoms with Crippen LogP contribution in [0.4, 0.5) is 0 Å². The van der Waals surface area contributed by atoms with E-state index in [1.165, 1.54) is 6.42 Å². The van der Waals surface area contributed by atoms with Crippen molar-refractivity contribution >= 4 is 22.8 Å². The fourth-order valence-electron chi connectivity index (χ4n) is 2.29. The molecule has 1 amide bonds. The average molecular weight is 269 g/mol. The Hall–Kier alpha value is -0.710. The smallest absolute Gasteiger partial charge is 0.247 e. The van der Waals surface area contributed by atoms with Crippen molar-refractivity contribution in [3.8, 4) is 0 Å². The summed E-state index contributed by atoms with van der Waals surface area (Å²) in [4.78, 5) is 18.7. The Kier molecular flexibility index (Phi) is 4.20. The van der Waals surface area contributed by atoms with E-state index in [9.17, 15) is 4.79 Å². The van der Waals surface area contributed by atoms with Gasteiger partial charge in [-0.15, -0.1) is 0 Å². The van der Waals surface area contributed by atoms with Crippen molar-refractivity contribution in [1.82, 2.24) is 10.2 Å². The molecule has 1 atom stereocenters. The molecule has 0 aromatic rings. The first-order valence-corrected chi connectivity index (χ1v) is 7.74. The molecule has 0 aromatic heterocycles. The van der Waals surface area contributed by atoms with Gasteiger partial charge in [-0.05, 0) is 40.0 Å². The number of hydrogen-bond acceptors (Lipinski definition) is 3. The summed E-state index contributed by atoms with van der Waals surface area (Å²) in [6, 6.07) is -0.257. The van der Waals surface area contributed by atoms with E-state index < -0.39 is 0 Å². The second-order valence-electron chi connectivity index (χ2n) is 5.79. The lowest BCUT2D eigenvalue weighted by atomic mass is 10.1. The Labute approximate surface area is 114 Å². The molecular formula is C13H23N3OS. The standard InChI is InChI=1S/C13H23N3OS/c1-10(11(17)16-7-5-4-6-8-16)14-12-15-13(2,3)9-18-12/h10H,4-9H2,1-3H3,(H,14,15). The van der Waals surface area contributed by atoms with Gasteiger partial charge in [-0.1, -0.05) is 11.8 Å². The van der Waals surface area contributed by atoms with E-state index in [1.54, 1.807) is 11.8 Å². The van der Waals surface area contributed by atoms with Crippen molar-refractivity contribution in [2.75, 3.05) is 18.8 Å². The summed E-state index contributed by atoms with van der Waals surface area (Å²) in [6.07, 6.45) is 3.52. The van der Waals surface area contributed by atoms with Gasteiger partial charge in [0.15, 0.2) is 5.17 Å². The molecule has 2 aliphatic heterocycles. The number of likely N-dealkylation sites (tertiary alicyclic amines) is 1. The molecule has 2 aliphatic rings. The summed E-state index contributed by atoms with van der Waals surface area (Å²) in [5.41, 5.74) is 0.0946. The zero-order valence-electron chi connectivity index (χ0n) is 11.5. The molecule has 0 saturated carbocycles. The van der Waals surface area contributed by atoms with Gasteiger partial charge in [-0.25, -0.2) is 4.99 Å². The van der Waals surface area contributed by atoms with Crippen LogP contribution in [0.15, 0.2) is 4.99 Å². The normalized spacial score (nSPS) is 27.1. The van der Waals surface area contributed by atoms with Crippen LogP contribution in [0.2, 0.25) is 0 Å². The molecule has 1 unspecified atom stereocenters. The van der Waals surface area contributed by atoms with Gasteiger partial charge >= 0.3 is 0 Å². The molecule has 0 radical (unpaired) electrons. The molecule has 18 heavy (non-hydrogen) atoms. The average Bonchev–Trinajstić information content (AvgIpc) is 2.68. The molecule has 2 heterocycles. The number of rotatable bonds is 2. The highest BCUT2D eigenvalue weighted by atomic mass is 32.2. The van der Waals surface area contributed by atoms with Crippen LogP contribution < -0.4 is 5.32 Å². The van der Waals surface area contributed by atoms with Crippen molar-refractivity contribution in [3.05, 3.63) is 0 Å². The molecule has 4 nitrogen and oxygen atoms in total. The third-order valence-corrected chi connectivity index (χ3v) is 4.70. The van der Waals surface area contributed by atoms with Crippen molar-refractivity contribution in [1.29, 1.82) is 0 Å². The maximum atomic E-state index is 12.2. The first kappa shape index (κ1) is 13.7. The van der Waals surface area contributed by atoms with E-state index >= 15 is 0 Å². The van der Waals surface area contributed by atoms with E-state index in [1.807, 2.05) is 11.8 Å². The zero-order chi connectivity index (χ0) is 13.2. The highest BCUT2D eigenvalue weighted by Gasteiger charge is 2.29. The lowest BCUT2D eigenvalue weighted by molar-refractivity contribution is -0.132. The third-order valence-electron chi connectivity index (χ3n) is 3.35. The van der Waals surface area contributed by atoms with Gasteiger partial charge in [0.1, 0.15) is 6.04 Å². The van der Waals surface area contributed by atoms with Crippen LogP contribution in [0.5, 0.6) is 0 Å². The van der Waals surface area contributed by atoms with E-state index in [0.717, 1.165) is 36.9 Å². The van der Waals surface area contributed by atoms with E-state index in [4.69, 9.17) is 0 Å². The minimum atomic E-state index is -0.257. The number of thioether (sulfide) groups is 1. The first-order chi connectivity index (χ1) is 8.48. The van der Waals surface area contributed by atoms with Gasteiger partial charge in [0.05, 0.1) is 0 Å². The van der Waals surface area contributed by atoms with Gasteiger partial charge in [0.25, 0.3) is 0 Å². The number of nitrogens with one attached hydrogen (secondary N) is 1. The quantitative estimate of drug-likeness (QED) is 0.832. The summed E-state index contributed by atoms with van der Waals surface area (Å²) in [5, 5.41) is 4.28. The first-order valence-electron chi connectivity index (χ1n) is 6.75. The Bertz CT molecular complexity index is 348. The number of carbonyl (C=O) groups excluding carboxylic acids is 1. The summed E-state index contributed by atoms with van der Waals surface area (Å²) in [7, 11) is 0. The molecule has 0 aliphatic carbocycles. The minimum Gasteiger partial charge on any atom is -0.359 e. The highest BCUT2D eigenvalue weighted by Crippen LogP contribution is 2.23. The fraction of sp³-hybridized carbons (Fsp3) is 0.846. The van der Waals surface area contributed by atoms with Crippen LogP contribution in [0.25, 0.3) is 0 Å². The van der Waals surface area contributed by atoms with E-state index in [0.29, 0.717) is 0 Å². The Morgan fingerprint density at radius 1 is 1.39 bits per heavy atom. The molecule has 2 rings (SSSR count). The van der Waals surface area contributed by atoms with Gasteiger partial charge in [-0.2, -0.15) is 0 Å². The Morgan fingerprint density at radius 2 is 2.06 bits per heavy atom. The van der Waals surface area contributed by atoms with Crippen molar-refractivity contribution in [3.63, 3.8) is 0 Å². The number of hydrogen-bond donors (Lipinski definition) is 1. The maximum Gasteiger partial charge on any atom is 0.247 e. The van der Waals surface area contributed by atoms with Crippen LogP contribution in [-0.2, 0) is 4.79 Å². The fourth-order valence-corrected chi connectivity index (χ4v) is 3.44. The SMILES string of the molecule is CC(N=C1NC(C)(C)CS1)C(=O)N1CCCCC1. The monoisotopic (exact) mass is 269 g/mol. The maximum absolute atomic E-state index is 12.2. The van der Waals surface area contributed by atoms with Crippen molar-refractivity contribution in [2.45, 2.75) is 51.6 Å². The lowest BCUT2D eigenvalue weighted by Crippen LogP contribution is -2.42. The molecule has 0 aromatic carbocycles. The number of carbonyl (C=O) groups is 1. The third kappa shape index (κ3) is 3.40. The second-order valence-corrected chi connectivity index (χ2v) is 6.76. The van der Waals surface area contributed by atoms with Crippen LogP contribution in [0.3, 0.4) is 0 Å². The number of aliphatic imine (C=N–C) groups is 1. The number of amidine groups is 1. The van der Waals surface area contributed by atoms with Gasteiger partial charge < -0.3 is 10.2 Å². The van der Waals surface area contributed by atoms with E-state index in [-0.39, 0.29) is 17.5 Å². The Morgan fingerprint density at radius 3 is 2.61 bits per heavy atom. The summed E-state index contributed by atoms with van der Waals surface area (Å²) in [5.74, 6) is 1.19. The predicted octanol–water partition coefficient (Wildman–Crippen LogP) is 1.86. The number of amides is 1. The molecule has 2 fully saturated rings. The highest BCUT2D eigenvalue weighted by molar-refractivity contribution is 8.14. The molecule has 2 saturated heterocycles. The van der Waals surface area contributed by atoms with Gasteiger partial charge in [0.2, 0.25) is 5.91 Å². The summed E-state index contributed by atoms with van der Waals surface area (Å²) >= 11 is 1.71. The van der Waals surface area contributed by atoms with Crippen molar-refractivity contribution < 1.29 is 4.79 Å². The van der Waals surface area contributed by atoms with Crippen LogP contribution in [0, 0.1) is 0 Å². The predicted molar refractivity (Wildman–Crippen MR) is 77.0 cm³/mol. The largest absolute Gasteiger partial charge is 0.359 e. The van der Waals surface area contributed by atoms with Crippen LogP contribution in [0.1, 0.15) is 40.0 Å². The lowest BCUT2D eigenvalue weighted by Gasteiger charge is -2.28. The summed E-state index contributed by atoms with van der Waals surface area (Å²) < 4.78 is 0. The topological polar surface area (TPSA) is 44.7 Å². The Balaban J connectivity index is 1.93. The van der Waals surface area contributed by atoms with Crippen LogP contribution >= 0.6 is 11.8 Å². The van der Waals surface area contributed by atoms with Crippen molar-refractivity contribution in [2.24, 2.45) is 4.99 Å². The van der Waals surface area contributed by atoms with E-state index in [2.05, 4.69) is 24.2 Å². The second kappa shape index (κ2) is 5.51. The molecular weight excluding hydrogens is 246 g/mol. The number of nitrogens with zero attached hydrogens (tertiary/aromatic N) is 2. The molecule has 5 heteroatoms. The molecule has 102 valence electrons. The van der Waals surface area contributed by atoms with Crippen LogP contribution in [-0.4, -0.2) is 46.4 Å². The number of piperidine rings is 1. The summed E-state index contributed by atoms with van der Waals surface area (Å²) in [6.45, 7) is 8.01. The minimum absolute atomic E-state index is 0.0946. The van der Waals surface area contributed by atoms with Gasteiger partial charge in [-0.3, -0.25) is 4.79 Å². The van der Waals surface area contributed by atoms with Gasteiger partial charge in [0, 0.05) is 24.4 Å². The molecule has 1 N–H and O–H groups in total. The zero-order valence-corrected chi connectivity index (χ0v) is 12.3. The molecule has 0 spiro atoms. The molecule has 0 bridgehead atoms.